The van der Waals surface area contributed by atoms with E-state index in [4.69, 9.17) is 25.8 Å². The van der Waals surface area contributed by atoms with Crippen molar-refractivity contribution in [3.05, 3.63) is 83.4 Å². The number of halogens is 1. The summed E-state index contributed by atoms with van der Waals surface area (Å²) >= 11 is 6.35. The Balaban J connectivity index is 1.34. The molecule has 0 unspecified atom stereocenters. The van der Waals surface area contributed by atoms with Crippen LogP contribution in [0.4, 0.5) is 5.82 Å². The minimum atomic E-state index is -1.02. The van der Waals surface area contributed by atoms with Crippen LogP contribution in [0.3, 0.4) is 0 Å². The monoisotopic (exact) mass is 576 g/mol. The van der Waals surface area contributed by atoms with E-state index in [9.17, 15) is 9.59 Å². The van der Waals surface area contributed by atoms with Gasteiger partial charge in [-0.25, -0.2) is 19.6 Å². The average molecular weight is 577 g/mol. The molecule has 2 aromatic carbocycles. The highest BCUT2D eigenvalue weighted by Crippen LogP contribution is 2.37. The number of rotatable bonds is 7. The third-order valence-electron chi connectivity index (χ3n) is 7.22. The second-order valence-electron chi connectivity index (χ2n) is 10.0. The fourth-order valence-electron chi connectivity index (χ4n) is 5.16. The van der Waals surface area contributed by atoms with Gasteiger partial charge >= 0.3 is 11.9 Å². The lowest BCUT2D eigenvalue weighted by molar-refractivity contribution is -0.0477. The number of carbonyl (C=O) groups excluding carboxylic acids is 2. The minimum absolute atomic E-state index is 0.0229. The molecular formula is C29H29ClN6O5. The van der Waals surface area contributed by atoms with Gasteiger partial charge in [0, 0.05) is 13.1 Å². The van der Waals surface area contributed by atoms with Gasteiger partial charge < -0.3 is 19.6 Å². The molecule has 4 atom stereocenters. The number of aromatic nitrogens is 4. The Bertz CT molecular complexity index is 1530. The third kappa shape index (κ3) is 5.74. The first kappa shape index (κ1) is 27.1. The number of hydrazine groups is 1. The Kier molecular flexibility index (Phi) is 7.82. The number of ether oxygens (including phenoxy) is 3. The second kappa shape index (κ2) is 11.8. The summed E-state index contributed by atoms with van der Waals surface area (Å²) in [6.07, 6.45) is 1.41. The maximum Gasteiger partial charge on any atom is 0.338 e. The van der Waals surface area contributed by atoms with Gasteiger partial charge in [-0.1, -0.05) is 42.8 Å². The number of fused-ring (bicyclic) bond motifs is 1. The van der Waals surface area contributed by atoms with Crippen LogP contribution in [-0.2, 0) is 14.2 Å². The van der Waals surface area contributed by atoms with Crippen LogP contribution in [0.15, 0.2) is 67.0 Å². The summed E-state index contributed by atoms with van der Waals surface area (Å²) < 4.78 is 19.8. The molecule has 2 aliphatic rings. The van der Waals surface area contributed by atoms with E-state index < -0.39 is 36.5 Å². The molecule has 0 aliphatic carbocycles. The summed E-state index contributed by atoms with van der Waals surface area (Å²) in [4.78, 5) is 39.6. The van der Waals surface area contributed by atoms with Crippen LogP contribution in [0.2, 0.25) is 5.28 Å². The zero-order chi connectivity index (χ0) is 28.3. The van der Waals surface area contributed by atoms with Crippen molar-refractivity contribution in [1.82, 2.24) is 24.5 Å². The van der Waals surface area contributed by atoms with Crippen LogP contribution in [0.25, 0.3) is 11.2 Å². The molecule has 2 saturated heterocycles. The van der Waals surface area contributed by atoms with Gasteiger partial charge in [-0.15, -0.1) is 0 Å². The Morgan fingerprint density at radius 1 is 0.902 bits per heavy atom. The van der Waals surface area contributed by atoms with Gasteiger partial charge in [0.15, 0.2) is 35.4 Å². The van der Waals surface area contributed by atoms with Gasteiger partial charge in [-0.2, -0.15) is 9.97 Å². The number of nitrogens with zero attached hydrogens (tertiary/aromatic N) is 5. The summed E-state index contributed by atoms with van der Waals surface area (Å²) in [7, 11) is 0. The lowest BCUT2D eigenvalue weighted by atomic mass is 10.1. The molecule has 12 heteroatoms. The minimum Gasteiger partial charge on any atom is -0.452 e. The molecule has 11 nitrogen and oxygen atoms in total. The number of piperidine rings is 1. The number of esters is 2. The molecule has 212 valence electrons. The topological polar surface area (TPSA) is 121 Å². The fourth-order valence-corrected chi connectivity index (χ4v) is 5.32. The van der Waals surface area contributed by atoms with E-state index in [-0.39, 0.29) is 5.28 Å². The molecule has 41 heavy (non-hydrogen) atoms. The molecule has 0 bridgehead atoms. The van der Waals surface area contributed by atoms with Crippen LogP contribution < -0.4 is 5.43 Å². The average Bonchev–Trinajstić information content (AvgIpc) is 3.55. The van der Waals surface area contributed by atoms with E-state index in [1.54, 1.807) is 72.4 Å². The summed E-state index contributed by atoms with van der Waals surface area (Å²) in [6.45, 7) is 3.51. The summed E-state index contributed by atoms with van der Waals surface area (Å²) in [5, 5.41) is 2.10. The van der Waals surface area contributed by atoms with Crippen LogP contribution in [0.1, 0.15) is 53.1 Å². The van der Waals surface area contributed by atoms with E-state index in [1.807, 2.05) is 6.07 Å². The second-order valence-corrected chi connectivity index (χ2v) is 10.4. The van der Waals surface area contributed by atoms with Crippen molar-refractivity contribution in [2.24, 2.45) is 0 Å². The molecular weight excluding hydrogens is 548 g/mol. The molecule has 2 aromatic heterocycles. The Hall–Kier alpha value is -4.06. The first-order chi connectivity index (χ1) is 20.0. The van der Waals surface area contributed by atoms with E-state index in [2.05, 4.69) is 25.4 Å². The van der Waals surface area contributed by atoms with Gasteiger partial charge in [0.05, 0.1) is 23.6 Å². The number of carbonyl (C=O) groups is 2. The van der Waals surface area contributed by atoms with Crippen LogP contribution in [0.5, 0.6) is 0 Å². The number of hydrogen-bond acceptors (Lipinski definition) is 10. The largest absolute Gasteiger partial charge is 0.452 e. The van der Waals surface area contributed by atoms with Crippen molar-refractivity contribution < 1.29 is 23.8 Å². The van der Waals surface area contributed by atoms with Gasteiger partial charge in [0.25, 0.3) is 0 Å². The number of hydrogen-bond donors (Lipinski definition) is 1. The van der Waals surface area contributed by atoms with Crippen molar-refractivity contribution >= 4 is 40.5 Å². The van der Waals surface area contributed by atoms with Crippen LogP contribution in [0, 0.1) is 0 Å². The van der Waals surface area contributed by atoms with Crippen molar-refractivity contribution in [2.75, 3.05) is 18.5 Å². The van der Waals surface area contributed by atoms with Gasteiger partial charge in [0.1, 0.15) is 0 Å². The zero-order valence-electron chi connectivity index (χ0n) is 22.4. The molecule has 2 aliphatic heterocycles. The molecule has 6 rings (SSSR count). The first-order valence-electron chi connectivity index (χ1n) is 13.6. The van der Waals surface area contributed by atoms with Crippen molar-refractivity contribution in [3.8, 4) is 0 Å². The zero-order valence-corrected chi connectivity index (χ0v) is 23.1. The Morgan fingerprint density at radius 3 is 2.15 bits per heavy atom. The van der Waals surface area contributed by atoms with Crippen molar-refractivity contribution in [2.45, 2.75) is 50.7 Å². The quantitative estimate of drug-likeness (QED) is 0.245. The molecule has 4 heterocycles. The normalized spacial score (nSPS) is 22.9. The number of nitrogens with one attached hydrogen (secondary N) is 1. The van der Waals surface area contributed by atoms with Crippen molar-refractivity contribution in [3.63, 3.8) is 0 Å². The predicted octanol–water partition coefficient (Wildman–Crippen LogP) is 4.66. The molecule has 0 saturated carbocycles. The van der Waals surface area contributed by atoms with E-state index in [0.29, 0.717) is 28.1 Å². The Labute approximate surface area is 241 Å². The number of imidazole rings is 1. The van der Waals surface area contributed by atoms with Crippen LogP contribution in [-0.4, -0.2) is 67.9 Å². The van der Waals surface area contributed by atoms with Gasteiger partial charge in [-0.3, -0.25) is 4.57 Å². The molecule has 2 fully saturated rings. The predicted molar refractivity (Wildman–Crippen MR) is 150 cm³/mol. The highest BCUT2D eigenvalue weighted by atomic mass is 35.5. The third-order valence-corrected chi connectivity index (χ3v) is 7.38. The number of anilines is 1. The lowest BCUT2D eigenvalue weighted by Crippen LogP contribution is -2.39. The SMILES string of the molecule is C[C@H]1O[C@@H](n2cnc3c(NN4CCCCC4)nc(Cl)nc32)[C@H](OC(=O)c2ccccc2)[C@@H]1OC(=O)c1ccccc1. The molecule has 1 N–H and O–H groups in total. The highest BCUT2D eigenvalue weighted by molar-refractivity contribution is 6.28. The van der Waals surface area contributed by atoms with Gasteiger partial charge in [-0.05, 0) is 55.6 Å². The standard InChI is InChI=1S/C29H29ClN6O5/c1-18-22(40-27(37)19-11-5-2-6-12-19)23(41-28(38)20-13-7-3-8-14-20)26(39-18)36-17-31-21-24(32-29(30)33-25(21)36)34-35-15-9-4-10-16-35/h2-3,5-8,11-14,17-18,22-23,26H,4,9-10,15-16H2,1H3,(H,32,33,34)/t18-,22-,23-,26-/m1/s1. The summed E-state index contributed by atoms with van der Waals surface area (Å²) in [6, 6.07) is 17.2. The lowest BCUT2D eigenvalue weighted by Gasteiger charge is -2.27. The van der Waals surface area contributed by atoms with E-state index >= 15 is 0 Å². The first-order valence-corrected chi connectivity index (χ1v) is 13.9. The molecule has 0 radical (unpaired) electrons. The Morgan fingerprint density at radius 2 is 1.51 bits per heavy atom. The highest BCUT2D eigenvalue weighted by Gasteiger charge is 2.49. The number of benzene rings is 2. The smallest absolute Gasteiger partial charge is 0.338 e. The molecule has 0 amide bonds. The van der Waals surface area contributed by atoms with E-state index in [1.165, 1.54) is 6.42 Å². The van der Waals surface area contributed by atoms with E-state index in [0.717, 1.165) is 25.9 Å². The molecule has 4 aromatic rings. The maximum absolute atomic E-state index is 13.2. The van der Waals surface area contributed by atoms with Crippen molar-refractivity contribution in [1.29, 1.82) is 0 Å². The van der Waals surface area contributed by atoms with Crippen LogP contribution >= 0.6 is 11.6 Å². The molecule has 0 spiro atoms. The summed E-state index contributed by atoms with van der Waals surface area (Å²) in [5.74, 6) is -0.665. The fraction of sp³-hybridized carbons (Fsp3) is 0.345. The van der Waals surface area contributed by atoms with Gasteiger partial charge in [0.2, 0.25) is 5.28 Å². The maximum atomic E-state index is 13.2. The summed E-state index contributed by atoms with van der Waals surface area (Å²) in [5.41, 5.74) is 4.92.